The highest BCUT2D eigenvalue weighted by molar-refractivity contribution is 7.54. The molecule has 0 radical (unpaired) electrons. The molecule has 0 bridgehead atoms. The van der Waals surface area contributed by atoms with Crippen LogP contribution in [0.2, 0.25) is 0 Å². The molecule has 0 aliphatic rings. The van der Waals surface area contributed by atoms with Crippen LogP contribution in [0.5, 0.6) is 0 Å². The molecule has 0 aliphatic carbocycles. The predicted molar refractivity (Wildman–Crippen MR) is 62.4 cm³/mol. The van der Waals surface area contributed by atoms with Gasteiger partial charge < -0.3 is 14.5 Å². The van der Waals surface area contributed by atoms with Gasteiger partial charge in [-0.25, -0.2) is 0 Å². The van der Waals surface area contributed by atoms with Crippen LogP contribution in [0.25, 0.3) is 0 Å². The monoisotopic (exact) mass is 258 g/mol. The summed E-state index contributed by atoms with van der Waals surface area (Å²) >= 11 is 0. The fraction of sp³-hybridized carbons (Fsp3) is 0.364. The van der Waals surface area contributed by atoms with Crippen molar-refractivity contribution < 1.29 is 23.9 Å². The van der Waals surface area contributed by atoms with Crippen LogP contribution in [-0.4, -0.2) is 20.9 Å². The van der Waals surface area contributed by atoms with E-state index in [1.807, 2.05) is 6.07 Å². The van der Waals surface area contributed by atoms with Gasteiger partial charge in [0.05, 0.1) is 0 Å². The molecule has 0 amide bonds. The Kier molecular flexibility index (Phi) is 4.09. The van der Waals surface area contributed by atoms with Gasteiger partial charge in [0.25, 0.3) is 0 Å². The Balaban J connectivity index is 2.66. The fourth-order valence-electron chi connectivity index (χ4n) is 1.02. The number of carbonyl (C=O) groups excluding carboxylic acids is 1. The van der Waals surface area contributed by atoms with Crippen LogP contribution < -0.4 is 0 Å². The molecule has 0 aliphatic heterocycles. The third kappa shape index (κ3) is 3.40. The van der Waals surface area contributed by atoms with Crippen LogP contribution in [0.4, 0.5) is 0 Å². The van der Waals surface area contributed by atoms with Crippen molar-refractivity contribution in [3.63, 3.8) is 0 Å². The van der Waals surface area contributed by atoms with Gasteiger partial charge in [0.2, 0.25) is 0 Å². The Bertz CT molecular complexity index is 434. The van der Waals surface area contributed by atoms with Gasteiger partial charge >= 0.3 is 13.6 Å². The molecule has 0 saturated heterocycles. The molecule has 0 heterocycles. The van der Waals surface area contributed by atoms with Crippen LogP contribution in [0.3, 0.4) is 0 Å². The first-order chi connectivity index (χ1) is 7.75. The first-order valence-corrected chi connectivity index (χ1v) is 6.63. The summed E-state index contributed by atoms with van der Waals surface area (Å²) in [5.74, 6) is -0.908. The Morgan fingerprint density at radius 2 is 1.82 bits per heavy atom. The minimum atomic E-state index is -4.52. The van der Waals surface area contributed by atoms with Crippen molar-refractivity contribution in [2.24, 2.45) is 0 Å². The number of esters is 1. The van der Waals surface area contributed by atoms with Crippen LogP contribution in [0.15, 0.2) is 30.3 Å². The Morgan fingerprint density at radius 1 is 1.29 bits per heavy atom. The number of benzene rings is 1. The summed E-state index contributed by atoms with van der Waals surface area (Å²) < 4.78 is 16.0. The summed E-state index contributed by atoms with van der Waals surface area (Å²) in [6.07, 6.45) is 0. The van der Waals surface area contributed by atoms with Gasteiger partial charge in [-0.1, -0.05) is 30.3 Å². The molecule has 6 heteroatoms. The van der Waals surface area contributed by atoms with E-state index in [0.717, 1.165) is 5.56 Å². The summed E-state index contributed by atoms with van der Waals surface area (Å²) in [4.78, 5) is 29.6. The molecule has 1 aromatic carbocycles. The minimum absolute atomic E-state index is 0.00308. The van der Waals surface area contributed by atoms with Crippen molar-refractivity contribution in [1.29, 1.82) is 0 Å². The first-order valence-electron chi connectivity index (χ1n) is 5.02. The Morgan fingerprint density at radius 3 is 2.29 bits per heavy atom. The summed E-state index contributed by atoms with van der Waals surface area (Å²) in [5, 5.41) is -1.82. The number of carbonyl (C=O) groups is 1. The molecule has 0 unspecified atom stereocenters. The molecule has 94 valence electrons. The van der Waals surface area contributed by atoms with Gasteiger partial charge in [0.15, 0.2) is 5.16 Å². The SMILES string of the molecule is CC(C)(C(=O)OCc1ccccc1)P(=O)(O)O. The number of rotatable bonds is 4. The quantitative estimate of drug-likeness (QED) is 0.634. The second kappa shape index (κ2) is 5.00. The molecule has 0 saturated carbocycles. The molecular weight excluding hydrogens is 243 g/mol. The highest BCUT2D eigenvalue weighted by Crippen LogP contribution is 2.50. The van der Waals surface area contributed by atoms with E-state index in [1.165, 1.54) is 13.8 Å². The van der Waals surface area contributed by atoms with Crippen LogP contribution >= 0.6 is 7.60 Å². The van der Waals surface area contributed by atoms with Crippen LogP contribution in [-0.2, 0) is 20.7 Å². The maximum atomic E-state index is 11.6. The van der Waals surface area contributed by atoms with Crippen molar-refractivity contribution in [2.45, 2.75) is 25.6 Å². The molecule has 17 heavy (non-hydrogen) atoms. The Hall–Kier alpha value is -1.16. The van der Waals surface area contributed by atoms with Gasteiger partial charge in [0.1, 0.15) is 6.61 Å². The predicted octanol–water partition coefficient (Wildman–Crippen LogP) is 1.69. The maximum absolute atomic E-state index is 11.6. The van der Waals surface area contributed by atoms with E-state index < -0.39 is 18.7 Å². The topological polar surface area (TPSA) is 83.8 Å². The van der Waals surface area contributed by atoms with Gasteiger partial charge in [-0.2, -0.15) is 0 Å². The minimum Gasteiger partial charge on any atom is -0.460 e. The first kappa shape index (κ1) is 13.9. The largest absolute Gasteiger partial charge is 0.460 e. The lowest BCUT2D eigenvalue weighted by molar-refractivity contribution is -0.147. The highest BCUT2D eigenvalue weighted by Gasteiger charge is 2.46. The number of hydrogen-bond acceptors (Lipinski definition) is 3. The molecule has 0 spiro atoms. The van der Waals surface area contributed by atoms with Crippen molar-refractivity contribution in [1.82, 2.24) is 0 Å². The second-order valence-corrected chi connectivity index (χ2v) is 6.37. The van der Waals surface area contributed by atoms with Gasteiger partial charge in [-0.15, -0.1) is 0 Å². The Labute approximate surface area is 99.6 Å². The molecule has 1 aromatic rings. The molecule has 5 nitrogen and oxygen atoms in total. The average Bonchev–Trinajstić information content (AvgIpc) is 2.25. The van der Waals surface area contributed by atoms with E-state index >= 15 is 0 Å². The van der Waals surface area contributed by atoms with Crippen molar-refractivity contribution >= 4 is 13.6 Å². The zero-order valence-corrected chi connectivity index (χ0v) is 10.6. The van der Waals surface area contributed by atoms with Crippen molar-refractivity contribution in [2.75, 3.05) is 0 Å². The van der Waals surface area contributed by atoms with E-state index in [2.05, 4.69) is 0 Å². The van der Waals surface area contributed by atoms with E-state index in [9.17, 15) is 9.36 Å². The maximum Gasteiger partial charge on any atom is 0.342 e. The van der Waals surface area contributed by atoms with Crippen LogP contribution in [0.1, 0.15) is 19.4 Å². The second-order valence-electron chi connectivity index (χ2n) is 4.16. The molecule has 0 aromatic heterocycles. The fourth-order valence-corrected chi connectivity index (χ4v) is 1.32. The van der Waals surface area contributed by atoms with Crippen LogP contribution in [0, 0.1) is 0 Å². The molecule has 2 N–H and O–H groups in total. The summed E-state index contributed by atoms with van der Waals surface area (Å²) in [5.41, 5.74) is 0.766. The average molecular weight is 258 g/mol. The van der Waals surface area contributed by atoms with E-state index in [0.29, 0.717) is 0 Å². The number of ether oxygens (including phenoxy) is 1. The molecule has 0 fully saturated rings. The van der Waals surface area contributed by atoms with E-state index in [4.69, 9.17) is 14.5 Å². The van der Waals surface area contributed by atoms with Gasteiger partial charge in [0, 0.05) is 0 Å². The van der Waals surface area contributed by atoms with Gasteiger partial charge in [-0.3, -0.25) is 9.36 Å². The summed E-state index contributed by atoms with van der Waals surface area (Å²) in [6.45, 7) is 2.34. The molecule has 1 rings (SSSR count). The summed E-state index contributed by atoms with van der Waals surface area (Å²) in [7, 11) is -4.52. The highest BCUT2D eigenvalue weighted by atomic mass is 31.2. The smallest absolute Gasteiger partial charge is 0.342 e. The molecule has 0 atom stereocenters. The third-order valence-corrected chi connectivity index (χ3v) is 4.08. The zero-order chi connectivity index (χ0) is 13.1. The lowest BCUT2D eigenvalue weighted by atomic mass is 10.2. The van der Waals surface area contributed by atoms with E-state index in [1.54, 1.807) is 24.3 Å². The van der Waals surface area contributed by atoms with E-state index in [-0.39, 0.29) is 6.61 Å². The lowest BCUT2D eigenvalue weighted by Gasteiger charge is -2.23. The lowest BCUT2D eigenvalue weighted by Crippen LogP contribution is -2.33. The zero-order valence-electron chi connectivity index (χ0n) is 9.66. The summed E-state index contributed by atoms with van der Waals surface area (Å²) in [6, 6.07) is 8.93. The van der Waals surface area contributed by atoms with Gasteiger partial charge in [-0.05, 0) is 19.4 Å². The normalized spacial score (nSPS) is 12.2. The van der Waals surface area contributed by atoms with Crippen molar-refractivity contribution in [3.05, 3.63) is 35.9 Å². The van der Waals surface area contributed by atoms with Crippen molar-refractivity contribution in [3.8, 4) is 0 Å². The standard InChI is InChI=1S/C11H15O5P/c1-11(2,17(13,14)15)10(12)16-8-9-6-4-3-5-7-9/h3-7H,8H2,1-2H3,(H2,13,14,15). The molecular formula is C11H15O5P. The third-order valence-electron chi connectivity index (χ3n) is 2.44. The number of hydrogen-bond donors (Lipinski definition) is 2.